The maximum absolute atomic E-state index is 12.9. The Morgan fingerprint density at radius 1 is 0.968 bits per heavy atom. The molecule has 1 N–H and O–H groups in total. The van der Waals surface area contributed by atoms with Crippen LogP contribution in [-0.4, -0.2) is 23.8 Å². The van der Waals surface area contributed by atoms with E-state index in [9.17, 15) is 24.3 Å². The Balaban J connectivity index is 1.63. The highest BCUT2D eigenvalue weighted by molar-refractivity contribution is 6.39. The van der Waals surface area contributed by atoms with E-state index >= 15 is 0 Å². The first kappa shape index (κ1) is 19.8. The first-order chi connectivity index (χ1) is 14.8. The fraction of sp³-hybridized carbons (Fsp3) is 0.0435. The second kappa shape index (κ2) is 7.75. The number of urea groups is 1. The van der Waals surface area contributed by atoms with Crippen LogP contribution in [0.4, 0.5) is 10.5 Å². The lowest BCUT2D eigenvalue weighted by atomic mass is 10.1. The summed E-state index contributed by atoms with van der Waals surface area (Å²) in [4.78, 5) is 49.2. The maximum Gasteiger partial charge on any atom is 0.335 e. The van der Waals surface area contributed by atoms with Gasteiger partial charge in [-0.3, -0.25) is 14.9 Å². The molecule has 1 aliphatic heterocycles. The van der Waals surface area contributed by atoms with Crippen LogP contribution in [-0.2, 0) is 9.59 Å². The SMILES string of the molecule is Cc1ccc(N2C(=O)NC(=O)/C(=C\c3ccc(-c4ccc(C(=O)[O-])cc4)o3)C2=O)cc1. The third-order valence-corrected chi connectivity index (χ3v) is 4.71. The zero-order chi connectivity index (χ0) is 22.1. The van der Waals surface area contributed by atoms with Gasteiger partial charge in [0.25, 0.3) is 11.8 Å². The molecule has 1 aliphatic rings. The predicted molar refractivity (Wildman–Crippen MR) is 109 cm³/mol. The number of carboxylic acids is 1. The largest absolute Gasteiger partial charge is 0.545 e. The Kier molecular flexibility index (Phi) is 4.96. The fourth-order valence-corrected chi connectivity index (χ4v) is 3.08. The smallest absolute Gasteiger partial charge is 0.335 e. The predicted octanol–water partition coefficient (Wildman–Crippen LogP) is 2.28. The van der Waals surface area contributed by atoms with Crippen LogP contribution in [0.15, 0.2) is 70.7 Å². The first-order valence-electron chi connectivity index (χ1n) is 9.23. The molecule has 3 aromatic rings. The minimum absolute atomic E-state index is 0.0305. The van der Waals surface area contributed by atoms with Crippen molar-refractivity contribution < 1.29 is 28.7 Å². The summed E-state index contributed by atoms with van der Waals surface area (Å²) in [6, 6.07) is 14.9. The average molecular weight is 415 g/mol. The third-order valence-electron chi connectivity index (χ3n) is 4.71. The van der Waals surface area contributed by atoms with E-state index in [1.54, 1.807) is 48.5 Å². The molecule has 0 unspecified atom stereocenters. The van der Waals surface area contributed by atoms with Gasteiger partial charge in [0, 0.05) is 5.56 Å². The lowest BCUT2D eigenvalue weighted by molar-refractivity contribution is -0.255. The summed E-state index contributed by atoms with van der Waals surface area (Å²) in [7, 11) is 0. The molecule has 31 heavy (non-hydrogen) atoms. The Morgan fingerprint density at radius 2 is 1.65 bits per heavy atom. The van der Waals surface area contributed by atoms with E-state index in [2.05, 4.69) is 5.32 Å². The van der Waals surface area contributed by atoms with Crippen molar-refractivity contribution >= 4 is 35.6 Å². The Labute approximate surface area is 176 Å². The molecule has 4 amide bonds. The van der Waals surface area contributed by atoms with Gasteiger partial charge in [0.05, 0.1) is 11.7 Å². The minimum atomic E-state index is -1.29. The number of hydrogen-bond acceptors (Lipinski definition) is 6. The van der Waals surface area contributed by atoms with Crippen molar-refractivity contribution in [3.8, 4) is 11.3 Å². The number of hydrogen-bond donors (Lipinski definition) is 1. The first-order valence-corrected chi connectivity index (χ1v) is 9.23. The quantitative estimate of drug-likeness (QED) is 0.516. The molecule has 1 saturated heterocycles. The van der Waals surface area contributed by atoms with Gasteiger partial charge >= 0.3 is 6.03 Å². The van der Waals surface area contributed by atoms with Crippen molar-refractivity contribution in [2.24, 2.45) is 0 Å². The molecule has 2 heterocycles. The number of furan rings is 1. The van der Waals surface area contributed by atoms with Gasteiger partial charge in [-0.25, -0.2) is 9.69 Å². The summed E-state index contributed by atoms with van der Waals surface area (Å²) >= 11 is 0. The molecule has 1 aromatic heterocycles. The Hall–Kier alpha value is -4.46. The lowest BCUT2D eigenvalue weighted by Crippen LogP contribution is -2.54. The van der Waals surface area contributed by atoms with Crippen molar-refractivity contribution in [1.29, 1.82) is 0 Å². The van der Waals surface area contributed by atoms with Gasteiger partial charge in [-0.15, -0.1) is 0 Å². The van der Waals surface area contributed by atoms with Gasteiger partial charge in [0.2, 0.25) is 0 Å². The molecule has 2 aromatic carbocycles. The van der Waals surface area contributed by atoms with Crippen LogP contribution >= 0.6 is 0 Å². The van der Waals surface area contributed by atoms with Crippen LogP contribution in [0.1, 0.15) is 21.7 Å². The van der Waals surface area contributed by atoms with Gasteiger partial charge in [-0.1, -0.05) is 42.0 Å². The second-order valence-corrected chi connectivity index (χ2v) is 6.86. The molecule has 8 heteroatoms. The van der Waals surface area contributed by atoms with Gasteiger partial charge < -0.3 is 14.3 Å². The number of barbiturate groups is 1. The maximum atomic E-state index is 12.9. The molecule has 0 spiro atoms. The fourth-order valence-electron chi connectivity index (χ4n) is 3.08. The van der Waals surface area contributed by atoms with Gasteiger partial charge in [0.15, 0.2) is 0 Å². The van der Waals surface area contributed by atoms with Crippen molar-refractivity contribution in [3.05, 3.63) is 83.1 Å². The van der Waals surface area contributed by atoms with Crippen molar-refractivity contribution in [2.45, 2.75) is 6.92 Å². The summed E-state index contributed by atoms with van der Waals surface area (Å²) in [6.07, 6.45) is 1.25. The van der Waals surface area contributed by atoms with E-state index in [0.717, 1.165) is 10.5 Å². The summed E-state index contributed by atoms with van der Waals surface area (Å²) < 4.78 is 5.68. The molecule has 0 aliphatic carbocycles. The van der Waals surface area contributed by atoms with Gasteiger partial charge in [-0.05, 0) is 42.8 Å². The topological polar surface area (TPSA) is 120 Å². The number of rotatable bonds is 4. The highest BCUT2D eigenvalue weighted by Crippen LogP contribution is 2.26. The Morgan fingerprint density at radius 3 is 2.29 bits per heavy atom. The number of aryl methyl sites for hydroxylation is 1. The summed E-state index contributed by atoms with van der Waals surface area (Å²) in [5, 5.41) is 13.0. The standard InChI is InChI=1S/C23H16N2O6/c1-13-2-8-16(9-3-13)25-21(27)18(20(26)24-23(25)30)12-17-10-11-19(31-17)14-4-6-15(7-5-14)22(28)29/h2-12H,1H3,(H,28,29)(H,24,26,30)/p-1/b18-12+. The number of imide groups is 2. The highest BCUT2D eigenvalue weighted by Gasteiger charge is 2.37. The second-order valence-electron chi connectivity index (χ2n) is 6.86. The zero-order valence-corrected chi connectivity index (χ0v) is 16.2. The van der Waals surface area contributed by atoms with Crippen LogP contribution < -0.4 is 15.3 Å². The highest BCUT2D eigenvalue weighted by atomic mass is 16.4. The molecular weight excluding hydrogens is 400 g/mol. The molecule has 0 saturated carbocycles. The molecule has 154 valence electrons. The number of nitrogens with one attached hydrogen (secondary N) is 1. The van der Waals surface area contributed by atoms with Crippen LogP contribution in [0.3, 0.4) is 0 Å². The molecule has 8 nitrogen and oxygen atoms in total. The molecule has 0 atom stereocenters. The van der Waals surface area contributed by atoms with Crippen molar-refractivity contribution in [3.63, 3.8) is 0 Å². The minimum Gasteiger partial charge on any atom is -0.545 e. The van der Waals surface area contributed by atoms with Gasteiger partial charge in [-0.2, -0.15) is 0 Å². The number of carboxylic acid groups (broad SMARTS) is 1. The van der Waals surface area contributed by atoms with E-state index in [1.165, 1.54) is 18.2 Å². The number of anilines is 1. The van der Waals surface area contributed by atoms with E-state index in [4.69, 9.17) is 4.42 Å². The Bertz CT molecular complexity index is 1240. The molecule has 4 rings (SSSR count). The van der Waals surface area contributed by atoms with E-state index in [1.807, 2.05) is 6.92 Å². The molecular formula is C23H15N2O6-. The van der Waals surface area contributed by atoms with E-state index in [-0.39, 0.29) is 16.9 Å². The summed E-state index contributed by atoms with van der Waals surface area (Å²) in [5.74, 6) is -2.25. The van der Waals surface area contributed by atoms with Gasteiger partial charge in [0.1, 0.15) is 17.1 Å². The van der Waals surface area contributed by atoms with Crippen molar-refractivity contribution in [1.82, 2.24) is 5.32 Å². The number of carbonyl (C=O) groups is 4. The monoisotopic (exact) mass is 415 g/mol. The number of carbonyl (C=O) groups excluding carboxylic acids is 4. The number of amides is 4. The summed E-state index contributed by atoms with van der Waals surface area (Å²) in [6.45, 7) is 1.87. The number of benzene rings is 2. The van der Waals surface area contributed by atoms with E-state index in [0.29, 0.717) is 17.0 Å². The lowest BCUT2D eigenvalue weighted by Gasteiger charge is -2.26. The third kappa shape index (κ3) is 3.86. The average Bonchev–Trinajstić information content (AvgIpc) is 3.21. The van der Waals surface area contributed by atoms with Crippen LogP contribution in [0.25, 0.3) is 17.4 Å². The van der Waals surface area contributed by atoms with Crippen LogP contribution in [0, 0.1) is 6.92 Å². The molecule has 1 fully saturated rings. The number of aromatic carboxylic acids is 1. The van der Waals surface area contributed by atoms with Crippen LogP contribution in [0.5, 0.6) is 0 Å². The zero-order valence-electron chi connectivity index (χ0n) is 16.2. The molecule has 0 bridgehead atoms. The number of nitrogens with zero attached hydrogens (tertiary/aromatic N) is 1. The molecule has 0 radical (unpaired) electrons. The summed E-state index contributed by atoms with van der Waals surface area (Å²) in [5.41, 5.74) is 1.66. The van der Waals surface area contributed by atoms with E-state index < -0.39 is 23.8 Å². The normalized spacial score (nSPS) is 15.3. The van der Waals surface area contributed by atoms with Crippen LogP contribution in [0.2, 0.25) is 0 Å². The van der Waals surface area contributed by atoms with Crippen molar-refractivity contribution in [2.75, 3.05) is 4.90 Å².